The van der Waals surface area contributed by atoms with E-state index in [1.807, 2.05) is 91.0 Å². The van der Waals surface area contributed by atoms with Crippen molar-refractivity contribution >= 4 is 0 Å². The highest BCUT2D eigenvalue weighted by Crippen LogP contribution is 2.38. The van der Waals surface area contributed by atoms with Crippen LogP contribution in [0.2, 0.25) is 0 Å². The topological polar surface area (TPSA) is 52.5 Å². The van der Waals surface area contributed by atoms with Gasteiger partial charge in [-0.15, -0.1) is 0 Å². The second-order valence-electron chi connectivity index (χ2n) is 6.14. The number of rotatable bonds is 6. The zero-order chi connectivity index (χ0) is 17.8. The third-order valence-electron chi connectivity index (χ3n) is 4.50. The fraction of sp³-hybridized carbons (Fsp3) is 0.182. The highest BCUT2D eigenvalue weighted by Gasteiger charge is 2.41. The molecule has 0 saturated carbocycles. The molecule has 0 aromatic heterocycles. The van der Waals surface area contributed by atoms with E-state index in [-0.39, 0.29) is 6.42 Å². The molecule has 0 saturated heterocycles. The lowest BCUT2D eigenvalue weighted by atomic mass is 9.76. The molecule has 25 heavy (non-hydrogen) atoms. The van der Waals surface area contributed by atoms with E-state index in [2.05, 4.69) is 5.32 Å². The quantitative estimate of drug-likeness (QED) is 0.477. The number of aliphatic hydroxyl groups is 2. The number of hydrogen-bond donors (Lipinski definition) is 3. The van der Waals surface area contributed by atoms with Gasteiger partial charge < -0.3 is 10.2 Å². The van der Waals surface area contributed by atoms with Gasteiger partial charge in [0.1, 0.15) is 0 Å². The molecule has 0 radical (unpaired) electrons. The predicted molar refractivity (Wildman–Crippen MR) is 99.8 cm³/mol. The zero-order valence-corrected chi connectivity index (χ0v) is 14.3. The standard InChI is InChI=1S/C22H23NO2/c1-2-21(24,25)23-22(18-12-6-3-7-13-18,19-14-8-4-9-15-19)20-16-10-5-11-17-20/h3-17,23-25H,2H2,1H3. The summed E-state index contributed by atoms with van der Waals surface area (Å²) in [7, 11) is 0. The van der Waals surface area contributed by atoms with E-state index >= 15 is 0 Å². The van der Waals surface area contributed by atoms with E-state index in [0.29, 0.717) is 0 Å². The third-order valence-corrected chi connectivity index (χ3v) is 4.50. The van der Waals surface area contributed by atoms with Gasteiger partial charge in [0.15, 0.2) is 0 Å². The Morgan fingerprint density at radius 2 is 0.960 bits per heavy atom. The Hall–Kier alpha value is -2.46. The molecule has 0 aliphatic rings. The van der Waals surface area contributed by atoms with Gasteiger partial charge >= 0.3 is 0 Å². The van der Waals surface area contributed by atoms with Crippen molar-refractivity contribution in [3.8, 4) is 0 Å². The average molecular weight is 333 g/mol. The van der Waals surface area contributed by atoms with E-state index in [1.165, 1.54) is 0 Å². The molecular formula is C22H23NO2. The molecule has 0 amide bonds. The largest absolute Gasteiger partial charge is 0.353 e. The number of benzene rings is 3. The van der Waals surface area contributed by atoms with Crippen LogP contribution in [0, 0.1) is 0 Å². The minimum atomic E-state index is -2.01. The van der Waals surface area contributed by atoms with Crippen molar-refractivity contribution in [1.29, 1.82) is 0 Å². The molecule has 0 aliphatic carbocycles. The highest BCUT2D eigenvalue weighted by molar-refractivity contribution is 5.49. The van der Waals surface area contributed by atoms with Gasteiger partial charge in [-0.2, -0.15) is 0 Å². The van der Waals surface area contributed by atoms with Crippen molar-refractivity contribution in [1.82, 2.24) is 5.32 Å². The summed E-state index contributed by atoms with van der Waals surface area (Å²) in [5.74, 6) is -2.01. The van der Waals surface area contributed by atoms with Crippen LogP contribution in [0.3, 0.4) is 0 Å². The summed E-state index contributed by atoms with van der Waals surface area (Å²) in [6.07, 6.45) is 0.154. The first-order valence-electron chi connectivity index (χ1n) is 8.49. The Labute approximate surface area is 148 Å². The summed E-state index contributed by atoms with van der Waals surface area (Å²) in [6, 6.07) is 29.6. The Kier molecular flexibility index (Phi) is 5.00. The molecule has 0 heterocycles. The summed E-state index contributed by atoms with van der Waals surface area (Å²) >= 11 is 0. The van der Waals surface area contributed by atoms with Crippen LogP contribution in [0.5, 0.6) is 0 Å². The molecule has 3 aromatic rings. The molecule has 3 heteroatoms. The fourth-order valence-corrected chi connectivity index (χ4v) is 3.17. The molecule has 0 atom stereocenters. The van der Waals surface area contributed by atoms with Crippen LogP contribution in [0.4, 0.5) is 0 Å². The molecule has 128 valence electrons. The number of hydrogen-bond acceptors (Lipinski definition) is 3. The molecule has 0 fully saturated rings. The molecule has 3 nitrogen and oxygen atoms in total. The van der Waals surface area contributed by atoms with Gasteiger partial charge in [-0.1, -0.05) is 97.9 Å². The van der Waals surface area contributed by atoms with Crippen molar-refractivity contribution < 1.29 is 10.2 Å². The van der Waals surface area contributed by atoms with E-state index in [0.717, 1.165) is 16.7 Å². The minimum absolute atomic E-state index is 0.154. The lowest BCUT2D eigenvalue weighted by Gasteiger charge is -2.41. The summed E-state index contributed by atoms with van der Waals surface area (Å²) in [6.45, 7) is 1.73. The second kappa shape index (κ2) is 7.19. The summed E-state index contributed by atoms with van der Waals surface area (Å²) in [5.41, 5.74) is 1.93. The maximum absolute atomic E-state index is 10.5. The second-order valence-corrected chi connectivity index (χ2v) is 6.14. The molecule has 3 rings (SSSR count). The molecule has 0 spiro atoms. The van der Waals surface area contributed by atoms with E-state index < -0.39 is 11.4 Å². The minimum Gasteiger partial charge on any atom is -0.353 e. The van der Waals surface area contributed by atoms with Crippen LogP contribution in [-0.4, -0.2) is 16.1 Å². The SMILES string of the molecule is CCC(O)(O)NC(c1ccccc1)(c1ccccc1)c1ccccc1. The van der Waals surface area contributed by atoms with Gasteiger partial charge in [-0.05, 0) is 16.7 Å². The van der Waals surface area contributed by atoms with Crippen LogP contribution in [0.15, 0.2) is 91.0 Å². The zero-order valence-electron chi connectivity index (χ0n) is 14.3. The van der Waals surface area contributed by atoms with Crippen LogP contribution in [0.1, 0.15) is 30.0 Å². The van der Waals surface area contributed by atoms with E-state index in [1.54, 1.807) is 6.92 Å². The van der Waals surface area contributed by atoms with E-state index in [9.17, 15) is 10.2 Å². The van der Waals surface area contributed by atoms with Crippen LogP contribution in [0.25, 0.3) is 0 Å². The molecule has 0 aliphatic heterocycles. The van der Waals surface area contributed by atoms with Crippen LogP contribution < -0.4 is 5.32 Å². The first-order valence-corrected chi connectivity index (χ1v) is 8.49. The lowest BCUT2D eigenvalue weighted by molar-refractivity contribution is -0.197. The Balaban J connectivity index is 2.32. The summed E-state index contributed by atoms with van der Waals surface area (Å²) < 4.78 is 0. The molecule has 0 unspecified atom stereocenters. The first-order chi connectivity index (χ1) is 12.1. The Morgan fingerprint density at radius 1 is 0.640 bits per heavy atom. The van der Waals surface area contributed by atoms with Gasteiger partial charge in [0.25, 0.3) is 0 Å². The smallest absolute Gasteiger partial charge is 0.223 e. The van der Waals surface area contributed by atoms with Gasteiger partial charge in [-0.3, -0.25) is 0 Å². The third kappa shape index (κ3) is 3.49. The highest BCUT2D eigenvalue weighted by atomic mass is 16.5. The van der Waals surface area contributed by atoms with Gasteiger partial charge in [-0.25, -0.2) is 5.32 Å². The van der Waals surface area contributed by atoms with Gasteiger partial charge in [0.05, 0.1) is 5.54 Å². The van der Waals surface area contributed by atoms with Crippen molar-refractivity contribution in [3.63, 3.8) is 0 Å². The van der Waals surface area contributed by atoms with Crippen molar-refractivity contribution in [3.05, 3.63) is 108 Å². The van der Waals surface area contributed by atoms with Gasteiger partial charge in [0, 0.05) is 6.42 Å². The molecule has 3 N–H and O–H groups in total. The molecule has 3 aromatic carbocycles. The maximum atomic E-state index is 10.5. The first kappa shape index (κ1) is 17.4. The summed E-state index contributed by atoms with van der Waals surface area (Å²) in [5, 5.41) is 24.1. The van der Waals surface area contributed by atoms with Crippen LogP contribution >= 0.6 is 0 Å². The van der Waals surface area contributed by atoms with Crippen LogP contribution in [-0.2, 0) is 5.54 Å². The monoisotopic (exact) mass is 333 g/mol. The Bertz CT molecular complexity index is 689. The number of nitrogens with one attached hydrogen (secondary N) is 1. The molecule has 0 bridgehead atoms. The fourth-order valence-electron chi connectivity index (χ4n) is 3.17. The predicted octanol–water partition coefficient (Wildman–Crippen LogP) is 3.62. The maximum Gasteiger partial charge on any atom is 0.223 e. The van der Waals surface area contributed by atoms with E-state index in [4.69, 9.17) is 0 Å². The van der Waals surface area contributed by atoms with Crippen molar-refractivity contribution in [2.75, 3.05) is 0 Å². The van der Waals surface area contributed by atoms with Crippen molar-refractivity contribution in [2.45, 2.75) is 24.8 Å². The van der Waals surface area contributed by atoms with Crippen molar-refractivity contribution in [2.24, 2.45) is 0 Å². The lowest BCUT2D eigenvalue weighted by Crippen LogP contribution is -2.57. The van der Waals surface area contributed by atoms with Gasteiger partial charge in [0.2, 0.25) is 5.91 Å². The normalized spacial score (nSPS) is 12.1. The summed E-state index contributed by atoms with van der Waals surface area (Å²) in [4.78, 5) is 0. The Morgan fingerprint density at radius 3 is 1.24 bits per heavy atom. The average Bonchev–Trinajstić information content (AvgIpc) is 2.68. The molecular weight excluding hydrogens is 310 g/mol.